The number of benzene rings is 2. The maximum Gasteiger partial charge on any atom is 0.417 e. The standard InChI is InChI=1S/C18H15BrF3NO2S/c19-15-6-5-12(9-14(15)18(20,21)22)26(24,25)23-16-13-4-2-1-3-11(13)10-17(16)7-8-17/h1-6,9,16,23H,7-8,10H2. The summed E-state index contributed by atoms with van der Waals surface area (Å²) < 4.78 is 67.4. The monoisotopic (exact) mass is 445 g/mol. The molecule has 8 heteroatoms. The first kappa shape index (κ1) is 18.0. The fourth-order valence-corrected chi connectivity index (χ4v) is 5.53. The lowest BCUT2D eigenvalue weighted by molar-refractivity contribution is -0.138. The zero-order valence-corrected chi connectivity index (χ0v) is 15.9. The van der Waals surface area contributed by atoms with Crippen LogP contribution in [-0.4, -0.2) is 8.42 Å². The van der Waals surface area contributed by atoms with Crippen LogP contribution < -0.4 is 4.72 Å². The van der Waals surface area contributed by atoms with Gasteiger partial charge in [-0.1, -0.05) is 40.2 Å². The summed E-state index contributed by atoms with van der Waals surface area (Å²) in [6.45, 7) is 0. The Morgan fingerprint density at radius 2 is 1.81 bits per heavy atom. The average Bonchev–Trinajstić information content (AvgIpc) is 3.26. The predicted molar refractivity (Wildman–Crippen MR) is 94.0 cm³/mol. The number of hydrogen-bond donors (Lipinski definition) is 1. The molecule has 0 saturated heterocycles. The van der Waals surface area contributed by atoms with Gasteiger partial charge in [0.2, 0.25) is 10.0 Å². The average molecular weight is 446 g/mol. The van der Waals surface area contributed by atoms with Crippen molar-refractivity contribution in [2.75, 3.05) is 0 Å². The van der Waals surface area contributed by atoms with Crippen molar-refractivity contribution in [1.29, 1.82) is 0 Å². The van der Waals surface area contributed by atoms with Gasteiger partial charge in [-0.05, 0) is 54.0 Å². The molecule has 0 aromatic heterocycles. The van der Waals surface area contributed by atoms with E-state index < -0.39 is 27.8 Å². The fourth-order valence-electron chi connectivity index (χ4n) is 3.71. The molecule has 3 nitrogen and oxygen atoms in total. The number of sulfonamides is 1. The number of alkyl halides is 3. The molecular weight excluding hydrogens is 431 g/mol. The van der Waals surface area contributed by atoms with Crippen molar-refractivity contribution in [1.82, 2.24) is 4.72 Å². The SMILES string of the molecule is O=S(=O)(NC1c2ccccc2CC12CC2)c1ccc(Br)c(C(F)(F)F)c1. The quantitative estimate of drug-likeness (QED) is 0.735. The van der Waals surface area contributed by atoms with Gasteiger partial charge in [-0.25, -0.2) is 13.1 Å². The van der Waals surface area contributed by atoms with Crippen LogP contribution in [0.5, 0.6) is 0 Å². The van der Waals surface area contributed by atoms with E-state index in [2.05, 4.69) is 20.7 Å². The van der Waals surface area contributed by atoms with Crippen LogP contribution in [-0.2, 0) is 22.6 Å². The highest BCUT2D eigenvalue weighted by molar-refractivity contribution is 9.10. The highest BCUT2D eigenvalue weighted by Gasteiger charge is 2.55. The normalized spacial score (nSPS) is 21.0. The molecule has 1 N–H and O–H groups in total. The third kappa shape index (κ3) is 2.97. The summed E-state index contributed by atoms with van der Waals surface area (Å²) in [5.74, 6) is 0. The van der Waals surface area contributed by atoms with E-state index in [0.717, 1.165) is 36.5 Å². The van der Waals surface area contributed by atoms with Crippen molar-refractivity contribution in [3.8, 4) is 0 Å². The number of hydrogen-bond acceptors (Lipinski definition) is 2. The first-order valence-corrected chi connectivity index (χ1v) is 10.4. The van der Waals surface area contributed by atoms with E-state index in [9.17, 15) is 21.6 Å². The van der Waals surface area contributed by atoms with Gasteiger partial charge in [0.25, 0.3) is 0 Å². The Hall–Kier alpha value is -1.38. The van der Waals surface area contributed by atoms with Crippen LogP contribution >= 0.6 is 15.9 Å². The van der Waals surface area contributed by atoms with Crippen LogP contribution in [0.15, 0.2) is 51.8 Å². The van der Waals surface area contributed by atoms with Crippen LogP contribution in [0.1, 0.15) is 35.6 Å². The molecule has 1 fully saturated rings. The summed E-state index contributed by atoms with van der Waals surface area (Å²) >= 11 is 2.84. The molecule has 0 amide bonds. The second kappa shape index (κ2) is 5.81. The van der Waals surface area contributed by atoms with E-state index >= 15 is 0 Å². The predicted octanol–water partition coefficient (Wildman–Crippen LogP) is 4.82. The van der Waals surface area contributed by atoms with Gasteiger partial charge in [0.1, 0.15) is 0 Å². The van der Waals surface area contributed by atoms with Crippen molar-refractivity contribution < 1.29 is 21.6 Å². The second-order valence-corrected chi connectivity index (χ2v) is 9.50. The summed E-state index contributed by atoms with van der Waals surface area (Å²) in [6.07, 6.45) is -2.03. The molecule has 2 aliphatic rings. The molecule has 1 spiro atoms. The van der Waals surface area contributed by atoms with Gasteiger partial charge in [-0.15, -0.1) is 0 Å². The molecule has 138 valence electrons. The Kier molecular flexibility index (Phi) is 4.02. The van der Waals surface area contributed by atoms with Crippen LogP contribution in [0, 0.1) is 5.41 Å². The third-order valence-electron chi connectivity index (χ3n) is 5.24. The van der Waals surface area contributed by atoms with Gasteiger partial charge in [0, 0.05) is 4.47 Å². The molecule has 1 atom stereocenters. The molecule has 0 heterocycles. The Balaban J connectivity index is 1.71. The summed E-state index contributed by atoms with van der Waals surface area (Å²) in [5.41, 5.74) is 0.874. The van der Waals surface area contributed by atoms with E-state index in [-0.39, 0.29) is 14.8 Å². The largest absolute Gasteiger partial charge is 0.417 e. The van der Waals surface area contributed by atoms with Crippen molar-refractivity contribution in [3.05, 3.63) is 63.6 Å². The van der Waals surface area contributed by atoms with Crippen LogP contribution in [0.2, 0.25) is 0 Å². The number of nitrogens with one attached hydrogen (secondary N) is 1. The number of halogens is 4. The molecule has 1 unspecified atom stereocenters. The van der Waals surface area contributed by atoms with Crippen molar-refractivity contribution >= 4 is 26.0 Å². The molecule has 1 saturated carbocycles. The summed E-state index contributed by atoms with van der Waals surface area (Å²) in [7, 11) is -4.09. The zero-order chi connectivity index (χ0) is 18.7. The highest BCUT2D eigenvalue weighted by atomic mass is 79.9. The minimum Gasteiger partial charge on any atom is -0.207 e. The third-order valence-corrected chi connectivity index (χ3v) is 7.35. The van der Waals surface area contributed by atoms with Crippen molar-refractivity contribution in [2.45, 2.75) is 36.4 Å². The van der Waals surface area contributed by atoms with Crippen LogP contribution in [0.25, 0.3) is 0 Å². The molecule has 0 bridgehead atoms. The Morgan fingerprint density at radius 1 is 1.12 bits per heavy atom. The lowest BCUT2D eigenvalue weighted by Gasteiger charge is -2.21. The smallest absolute Gasteiger partial charge is 0.207 e. The van der Waals surface area contributed by atoms with Gasteiger partial charge in [-0.3, -0.25) is 0 Å². The minimum absolute atomic E-state index is 0.140. The van der Waals surface area contributed by atoms with Gasteiger partial charge < -0.3 is 0 Å². The Labute approximate surface area is 157 Å². The van der Waals surface area contributed by atoms with E-state index in [1.165, 1.54) is 6.07 Å². The van der Waals surface area contributed by atoms with Crippen molar-refractivity contribution in [3.63, 3.8) is 0 Å². The lowest BCUT2D eigenvalue weighted by Crippen LogP contribution is -2.32. The Morgan fingerprint density at radius 3 is 2.46 bits per heavy atom. The number of rotatable bonds is 3. The van der Waals surface area contributed by atoms with Gasteiger partial charge in [0.15, 0.2) is 0 Å². The second-order valence-electron chi connectivity index (χ2n) is 6.93. The zero-order valence-electron chi connectivity index (χ0n) is 13.5. The van der Waals surface area contributed by atoms with Gasteiger partial charge in [-0.2, -0.15) is 13.2 Å². The minimum atomic E-state index is -4.64. The first-order chi connectivity index (χ1) is 12.1. The summed E-state index contributed by atoms with van der Waals surface area (Å²) in [5, 5.41) is 0. The summed E-state index contributed by atoms with van der Waals surface area (Å²) in [6, 6.07) is 10.2. The molecule has 2 aliphatic carbocycles. The van der Waals surface area contributed by atoms with Crippen molar-refractivity contribution in [2.24, 2.45) is 5.41 Å². The van der Waals surface area contributed by atoms with E-state index in [1.807, 2.05) is 24.3 Å². The molecule has 2 aromatic carbocycles. The molecule has 26 heavy (non-hydrogen) atoms. The van der Waals surface area contributed by atoms with Crippen LogP contribution in [0.3, 0.4) is 0 Å². The van der Waals surface area contributed by atoms with Gasteiger partial charge in [0.05, 0.1) is 16.5 Å². The Bertz CT molecular complexity index is 984. The van der Waals surface area contributed by atoms with E-state index in [1.54, 1.807) is 0 Å². The maximum atomic E-state index is 13.1. The van der Waals surface area contributed by atoms with E-state index in [0.29, 0.717) is 6.07 Å². The molecular formula is C18H15BrF3NO2S. The highest BCUT2D eigenvalue weighted by Crippen LogP contribution is 2.62. The fraction of sp³-hybridized carbons (Fsp3) is 0.333. The lowest BCUT2D eigenvalue weighted by atomic mass is 9.99. The summed E-state index contributed by atoms with van der Waals surface area (Å²) in [4.78, 5) is -0.381. The first-order valence-electron chi connectivity index (χ1n) is 8.09. The molecule has 4 rings (SSSR count). The topological polar surface area (TPSA) is 46.2 Å². The van der Waals surface area contributed by atoms with Crippen LogP contribution in [0.4, 0.5) is 13.2 Å². The molecule has 2 aromatic rings. The number of fused-ring (bicyclic) bond motifs is 1. The van der Waals surface area contributed by atoms with E-state index in [4.69, 9.17) is 0 Å². The molecule has 0 radical (unpaired) electrons. The molecule has 0 aliphatic heterocycles. The van der Waals surface area contributed by atoms with Gasteiger partial charge >= 0.3 is 6.18 Å². The maximum absolute atomic E-state index is 13.1.